The normalized spacial score (nSPS) is 18.2. The smallest absolute Gasteiger partial charge is 0.119 e. The van der Waals surface area contributed by atoms with Crippen LogP contribution in [0.25, 0.3) is 0 Å². The molecule has 3 nitrogen and oxygen atoms in total. The molecule has 0 bridgehead atoms. The molecule has 106 valence electrons. The summed E-state index contributed by atoms with van der Waals surface area (Å²) in [7, 11) is 0. The Morgan fingerprint density at radius 1 is 1.16 bits per heavy atom. The van der Waals surface area contributed by atoms with Gasteiger partial charge in [0.2, 0.25) is 0 Å². The van der Waals surface area contributed by atoms with Gasteiger partial charge in [0.1, 0.15) is 5.75 Å². The Hall–Kier alpha value is -1.06. The maximum Gasteiger partial charge on any atom is 0.119 e. The minimum absolute atomic E-state index is 0.363. The van der Waals surface area contributed by atoms with Gasteiger partial charge in [-0.3, -0.25) is 0 Å². The van der Waals surface area contributed by atoms with E-state index in [9.17, 15) is 5.11 Å². The zero-order chi connectivity index (χ0) is 13.5. The molecule has 0 aromatic heterocycles. The minimum Gasteiger partial charge on any atom is -0.494 e. The Kier molecular flexibility index (Phi) is 5.67. The summed E-state index contributed by atoms with van der Waals surface area (Å²) in [5.74, 6) is 0.870. The van der Waals surface area contributed by atoms with Crippen LogP contribution in [-0.4, -0.2) is 36.2 Å². The van der Waals surface area contributed by atoms with Crippen molar-refractivity contribution in [3.63, 3.8) is 0 Å². The Labute approximate surface area is 116 Å². The second-order valence-corrected chi connectivity index (χ2v) is 5.21. The highest BCUT2D eigenvalue weighted by Gasteiger charge is 2.13. The summed E-state index contributed by atoms with van der Waals surface area (Å²) < 4.78 is 5.41. The van der Waals surface area contributed by atoms with Gasteiger partial charge in [-0.05, 0) is 57.0 Å². The lowest BCUT2D eigenvalue weighted by atomic mass is 10.1. The van der Waals surface area contributed by atoms with Gasteiger partial charge in [0.15, 0.2) is 0 Å². The van der Waals surface area contributed by atoms with Crippen LogP contribution in [0.3, 0.4) is 0 Å². The molecule has 19 heavy (non-hydrogen) atoms. The van der Waals surface area contributed by atoms with Crippen molar-refractivity contribution < 1.29 is 9.84 Å². The number of benzene rings is 1. The monoisotopic (exact) mass is 263 g/mol. The van der Waals surface area contributed by atoms with Crippen molar-refractivity contribution in [2.75, 3.05) is 26.2 Å². The summed E-state index contributed by atoms with van der Waals surface area (Å²) in [6.45, 7) is 6.03. The third-order valence-electron chi connectivity index (χ3n) is 3.74. The fourth-order valence-electron chi connectivity index (χ4n) is 2.61. The van der Waals surface area contributed by atoms with Gasteiger partial charge in [0, 0.05) is 6.54 Å². The minimum atomic E-state index is -0.363. The van der Waals surface area contributed by atoms with Crippen LogP contribution in [-0.2, 0) is 0 Å². The van der Waals surface area contributed by atoms with Gasteiger partial charge >= 0.3 is 0 Å². The van der Waals surface area contributed by atoms with Crippen LogP contribution in [0.2, 0.25) is 0 Å². The average molecular weight is 263 g/mol. The van der Waals surface area contributed by atoms with Crippen LogP contribution in [0, 0.1) is 0 Å². The van der Waals surface area contributed by atoms with E-state index in [2.05, 4.69) is 4.90 Å². The van der Waals surface area contributed by atoms with E-state index in [1.54, 1.807) is 0 Å². The summed E-state index contributed by atoms with van der Waals surface area (Å²) in [5.41, 5.74) is 0.987. The lowest BCUT2D eigenvalue weighted by molar-refractivity contribution is 0.134. The molecule has 1 aliphatic rings. The fourth-order valence-corrected chi connectivity index (χ4v) is 2.61. The SMILES string of the molecule is CCOc1ccc([C@@H](O)CCN2CCCCC2)cc1. The van der Waals surface area contributed by atoms with Crippen molar-refractivity contribution in [2.24, 2.45) is 0 Å². The van der Waals surface area contributed by atoms with Crippen LogP contribution in [0.15, 0.2) is 24.3 Å². The van der Waals surface area contributed by atoms with Crippen LogP contribution in [0.5, 0.6) is 5.75 Å². The highest BCUT2D eigenvalue weighted by Crippen LogP contribution is 2.21. The van der Waals surface area contributed by atoms with Gasteiger partial charge in [0.25, 0.3) is 0 Å². The number of nitrogens with zero attached hydrogens (tertiary/aromatic N) is 1. The molecule has 1 aromatic rings. The standard InChI is InChI=1S/C16H25NO2/c1-2-19-15-8-6-14(7-9-15)16(18)10-13-17-11-4-3-5-12-17/h6-9,16,18H,2-5,10-13H2,1H3/t16-/m0/s1. The Balaban J connectivity index is 1.79. The lowest BCUT2D eigenvalue weighted by Gasteiger charge is -2.27. The van der Waals surface area contributed by atoms with Gasteiger partial charge < -0.3 is 14.7 Å². The Morgan fingerprint density at radius 3 is 2.47 bits per heavy atom. The van der Waals surface area contributed by atoms with Crippen molar-refractivity contribution in [1.82, 2.24) is 4.90 Å². The molecule has 0 aliphatic carbocycles. The van der Waals surface area contributed by atoms with Crippen molar-refractivity contribution in [2.45, 2.75) is 38.7 Å². The number of hydrogen-bond donors (Lipinski definition) is 1. The molecule has 1 saturated heterocycles. The van der Waals surface area contributed by atoms with E-state index in [0.717, 1.165) is 24.3 Å². The molecule has 1 fully saturated rings. The first kappa shape index (κ1) is 14.4. The summed E-state index contributed by atoms with van der Waals surface area (Å²) in [4.78, 5) is 2.46. The number of aliphatic hydroxyl groups is 1. The molecule has 1 aliphatic heterocycles. The van der Waals surface area contributed by atoms with Crippen LogP contribution in [0.1, 0.15) is 44.3 Å². The zero-order valence-corrected chi connectivity index (χ0v) is 11.8. The quantitative estimate of drug-likeness (QED) is 0.856. The van der Waals surface area contributed by atoms with Crippen molar-refractivity contribution >= 4 is 0 Å². The number of likely N-dealkylation sites (tertiary alicyclic amines) is 1. The predicted molar refractivity (Wildman–Crippen MR) is 77.5 cm³/mol. The number of rotatable bonds is 6. The van der Waals surface area contributed by atoms with E-state index < -0.39 is 0 Å². The summed E-state index contributed by atoms with van der Waals surface area (Å²) in [6.07, 6.45) is 4.42. The van der Waals surface area contributed by atoms with Crippen molar-refractivity contribution in [3.8, 4) is 5.75 Å². The molecule has 1 heterocycles. The molecule has 0 amide bonds. The molecule has 2 rings (SSSR count). The van der Waals surface area contributed by atoms with Gasteiger partial charge in [-0.25, -0.2) is 0 Å². The molecule has 0 saturated carbocycles. The second-order valence-electron chi connectivity index (χ2n) is 5.21. The number of hydrogen-bond acceptors (Lipinski definition) is 3. The van der Waals surface area contributed by atoms with Gasteiger partial charge in [-0.2, -0.15) is 0 Å². The lowest BCUT2D eigenvalue weighted by Crippen LogP contribution is -2.31. The Bertz CT molecular complexity index is 358. The molecule has 0 spiro atoms. The molecule has 0 unspecified atom stereocenters. The molecule has 1 aromatic carbocycles. The zero-order valence-electron chi connectivity index (χ0n) is 11.8. The maximum atomic E-state index is 10.2. The summed E-state index contributed by atoms with van der Waals surface area (Å²) in [6, 6.07) is 7.80. The number of aliphatic hydroxyl groups excluding tert-OH is 1. The molecule has 0 radical (unpaired) electrons. The first-order valence-electron chi connectivity index (χ1n) is 7.43. The van der Waals surface area contributed by atoms with Gasteiger partial charge in [0.05, 0.1) is 12.7 Å². The van der Waals surface area contributed by atoms with E-state index in [0.29, 0.717) is 6.61 Å². The summed E-state index contributed by atoms with van der Waals surface area (Å²) >= 11 is 0. The van der Waals surface area contributed by atoms with Crippen molar-refractivity contribution in [3.05, 3.63) is 29.8 Å². The van der Waals surface area contributed by atoms with E-state index >= 15 is 0 Å². The van der Waals surface area contributed by atoms with E-state index in [-0.39, 0.29) is 6.10 Å². The van der Waals surface area contributed by atoms with E-state index in [1.807, 2.05) is 31.2 Å². The third kappa shape index (κ3) is 4.51. The number of ether oxygens (including phenoxy) is 1. The average Bonchev–Trinajstić information content (AvgIpc) is 2.47. The highest BCUT2D eigenvalue weighted by atomic mass is 16.5. The van der Waals surface area contributed by atoms with Gasteiger partial charge in [-0.15, -0.1) is 0 Å². The fraction of sp³-hybridized carbons (Fsp3) is 0.625. The van der Waals surface area contributed by atoms with E-state index in [1.165, 1.54) is 32.4 Å². The van der Waals surface area contributed by atoms with Crippen molar-refractivity contribution in [1.29, 1.82) is 0 Å². The summed E-state index contributed by atoms with van der Waals surface area (Å²) in [5, 5.41) is 10.2. The van der Waals surface area contributed by atoms with Gasteiger partial charge in [-0.1, -0.05) is 18.6 Å². The molecule has 3 heteroatoms. The molecule has 1 atom stereocenters. The van der Waals surface area contributed by atoms with E-state index in [4.69, 9.17) is 4.74 Å². The maximum absolute atomic E-state index is 10.2. The first-order chi connectivity index (χ1) is 9.29. The first-order valence-corrected chi connectivity index (χ1v) is 7.43. The topological polar surface area (TPSA) is 32.7 Å². The molecular weight excluding hydrogens is 238 g/mol. The predicted octanol–water partition coefficient (Wildman–Crippen LogP) is 2.99. The molecular formula is C16H25NO2. The highest BCUT2D eigenvalue weighted by molar-refractivity contribution is 5.28. The van der Waals surface area contributed by atoms with Crippen LogP contribution < -0.4 is 4.74 Å². The third-order valence-corrected chi connectivity index (χ3v) is 3.74. The second kappa shape index (κ2) is 7.51. The molecule has 1 N–H and O–H groups in total. The largest absolute Gasteiger partial charge is 0.494 e. The van der Waals surface area contributed by atoms with Crippen LogP contribution in [0.4, 0.5) is 0 Å². The van der Waals surface area contributed by atoms with Crippen LogP contribution >= 0.6 is 0 Å². The Morgan fingerprint density at radius 2 is 1.84 bits per heavy atom. The number of piperidine rings is 1.